The topological polar surface area (TPSA) is 39.7 Å². The first-order valence-electron chi connectivity index (χ1n) is 10.8. The Morgan fingerprint density at radius 3 is 2.35 bits per heavy atom. The SMILES string of the molecule is CC(C)(C)c1ccc(C2Nc3ccccc3C3=CC(Nc4ccccc4)=NCN32)cc1. The van der Waals surface area contributed by atoms with Gasteiger partial charge in [-0.2, -0.15) is 0 Å². The standard InChI is InChI=1S/C27H28N4/c1-27(2,3)20-15-13-19(14-16-20)26-30-23-12-8-7-11-22(23)24-17-25(28-18-31(24)26)29-21-9-5-4-6-10-21/h4-17,26,30H,18H2,1-3H3,(H,28,29). The van der Waals surface area contributed by atoms with Gasteiger partial charge in [0.05, 0.1) is 5.70 Å². The van der Waals surface area contributed by atoms with Gasteiger partial charge in [0.2, 0.25) is 0 Å². The monoisotopic (exact) mass is 408 g/mol. The molecule has 2 aliphatic rings. The second kappa shape index (κ2) is 7.62. The Morgan fingerprint density at radius 1 is 0.903 bits per heavy atom. The molecular formula is C27H28N4. The van der Waals surface area contributed by atoms with Crippen molar-refractivity contribution in [3.8, 4) is 0 Å². The minimum atomic E-state index is 0.0391. The summed E-state index contributed by atoms with van der Waals surface area (Å²) in [5.74, 6) is 0.885. The molecule has 0 radical (unpaired) electrons. The Labute approximate surface area is 184 Å². The van der Waals surface area contributed by atoms with E-state index in [4.69, 9.17) is 4.99 Å². The van der Waals surface area contributed by atoms with E-state index in [-0.39, 0.29) is 11.6 Å². The van der Waals surface area contributed by atoms with Crippen molar-refractivity contribution < 1.29 is 0 Å². The highest BCUT2D eigenvalue weighted by atomic mass is 15.3. The van der Waals surface area contributed by atoms with Gasteiger partial charge in [-0.05, 0) is 34.7 Å². The maximum absolute atomic E-state index is 4.83. The third-order valence-corrected chi connectivity index (χ3v) is 5.92. The van der Waals surface area contributed by atoms with E-state index in [2.05, 4.69) is 103 Å². The van der Waals surface area contributed by atoms with Crippen LogP contribution >= 0.6 is 0 Å². The summed E-state index contributed by atoms with van der Waals surface area (Å²) < 4.78 is 0. The highest BCUT2D eigenvalue weighted by Crippen LogP contribution is 2.41. The van der Waals surface area contributed by atoms with Crippen molar-refractivity contribution in [1.82, 2.24) is 4.90 Å². The molecule has 1 atom stereocenters. The van der Waals surface area contributed by atoms with Crippen LogP contribution in [0, 0.1) is 0 Å². The van der Waals surface area contributed by atoms with Gasteiger partial charge in [-0.15, -0.1) is 0 Å². The molecule has 0 fully saturated rings. The highest BCUT2D eigenvalue weighted by Gasteiger charge is 2.32. The van der Waals surface area contributed by atoms with E-state index in [1.54, 1.807) is 0 Å². The Kier molecular flexibility index (Phi) is 4.78. The van der Waals surface area contributed by atoms with Crippen LogP contribution in [-0.4, -0.2) is 17.4 Å². The van der Waals surface area contributed by atoms with Crippen molar-refractivity contribution in [2.24, 2.45) is 4.99 Å². The van der Waals surface area contributed by atoms with Gasteiger partial charge in [0, 0.05) is 23.0 Å². The van der Waals surface area contributed by atoms with Gasteiger partial charge in [0.15, 0.2) is 0 Å². The molecule has 0 aliphatic carbocycles. The molecule has 0 saturated heterocycles. The smallest absolute Gasteiger partial charge is 0.129 e. The van der Waals surface area contributed by atoms with E-state index in [1.807, 2.05) is 18.2 Å². The Bertz CT molecular complexity index is 1140. The molecular weight excluding hydrogens is 380 g/mol. The van der Waals surface area contributed by atoms with Gasteiger partial charge in [0.25, 0.3) is 0 Å². The average Bonchev–Trinajstić information content (AvgIpc) is 2.79. The molecule has 0 saturated carbocycles. The lowest BCUT2D eigenvalue weighted by Crippen LogP contribution is -2.39. The predicted octanol–water partition coefficient (Wildman–Crippen LogP) is 6.23. The minimum absolute atomic E-state index is 0.0391. The van der Waals surface area contributed by atoms with Gasteiger partial charge in [-0.25, -0.2) is 4.99 Å². The number of hydrogen-bond donors (Lipinski definition) is 2. The zero-order valence-corrected chi connectivity index (χ0v) is 18.3. The maximum Gasteiger partial charge on any atom is 0.129 e. The average molecular weight is 409 g/mol. The van der Waals surface area contributed by atoms with Crippen molar-refractivity contribution in [2.45, 2.75) is 32.4 Å². The van der Waals surface area contributed by atoms with Crippen LogP contribution in [0.1, 0.15) is 43.6 Å². The molecule has 2 heterocycles. The van der Waals surface area contributed by atoms with E-state index in [0.717, 1.165) is 17.2 Å². The normalized spacial score (nSPS) is 17.6. The van der Waals surface area contributed by atoms with Crippen LogP contribution in [0.15, 0.2) is 89.9 Å². The molecule has 2 N–H and O–H groups in total. The number of nitrogens with zero attached hydrogens (tertiary/aromatic N) is 2. The van der Waals surface area contributed by atoms with Gasteiger partial charge >= 0.3 is 0 Å². The number of benzene rings is 3. The Hall–Kier alpha value is -3.53. The van der Waals surface area contributed by atoms with Crippen LogP contribution < -0.4 is 10.6 Å². The summed E-state index contributed by atoms with van der Waals surface area (Å²) in [6.45, 7) is 7.34. The lowest BCUT2D eigenvalue weighted by atomic mass is 9.86. The molecule has 3 aromatic rings. The van der Waals surface area contributed by atoms with E-state index >= 15 is 0 Å². The van der Waals surface area contributed by atoms with Crippen LogP contribution in [0.5, 0.6) is 0 Å². The van der Waals surface area contributed by atoms with Gasteiger partial charge in [-0.3, -0.25) is 0 Å². The van der Waals surface area contributed by atoms with E-state index in [9.17, 15) is 0 Å². The number of fused-ring (bicyclic) bond motifs is 3. The number of amidine groups is 1. The maximum atomic E-state index is 4.83. The summed E-state index contributed by atoms with van der Waals surface area (Å²) in [5, 5.41) is 7.18. The van der Waals surface area contributed by atoms with E-state index in [1.165, 1.54) is 22.4 Å². The molecule has 5 rings (SSSR count). The Balaban J connectivity index is 1.50. The molecule has 0 amide bonds. The van der Waals surface area contributed by atoms with Crippen LogP contribution in [-0.2, 0) is 5.41 Å². The summed E-state index contributed by atoms with van der Waals surface area (Å²) in [5.41, 5.74) is 7.31. The number of para-hydroxylation sites is 2. The fourth-order valence-corrected chi connectivity index (χ4v) is 4.17. The summed E-state index contributed by atoms with van der Waals surface area (Å²) in [4.78, 5) is 7.17. The zero-order valence-electron chi connectivity index (χ0n) is 18.3. The van der Waals surface area contributed by atoms with Gasteiger partial charge in [0.1, 0.15) is 18.7 Å². The van der Waals surface area contributed by atoms with E-state index < -0.39 is 0 Å². The van der Waals surface area contributed by atoms with Crippen LogP contribution in [0.3, 0.4) is 0 Å². The molecule has 0 spiro atoms. The van der Waals surface area contributed by atoms with E-state index in [0.29, 0.717) is 6.67 Å². The Morgan fingerprint density at radius 2 is 1.61 bits per heavy atom. The largest absolute Gasteiger partial charge is 0.361 e. The summed E-state index contributed by atoms with van der Waals surface area (Å²) >= 11 is 0. The van der Waals surface area contributed by atoms with Crippen molar-refractivity contribution >= 4 is 22.9 Å². The van der Waals surface area contributed by atoms with Gasteiger partial charge in [-0.1, -0.05) is 81.4 Å². The molecule has 156 valence electrons. The quantitative estimate of drug-likeness (QED) is 0.528. The molecule has 4 heteroatoms. The highest BCUT2D eigenvalue weighted by molar-refractivity contribution is 6.09. The van der Waals surface area contributed by atoms with Crippen LogP contribution in [0.25, 0.3) is 5.70 Å². The molecule has 2 aliphatic heterocycles. The summed E-state index contributed by atoms with van der Waals surface area (Å²) in [6.07, 6.45) is 2.20. The number of rotatable bonds is 2. The number of anilines is 2. The molecule has 4 nitrogen and oxygen atoms in total. The zero-order chi connectivity index (χ0) is 21.4. The minimum Gasteiger partial charge on any atom is -0.361 e. The van der Waals surface area contributed by atoms with Crippen molar-refractivity contribution in [3.05, 3.63) is 102 Å². The molecule has 3 aromatic carbocycles. The first kappa shape index (κ1) is 19.4. The second-order valence-corrected chi connectivity index (χ2v) is 9.14. The third-order valence-electron chi connectivity index (χ3n) is 5.92. The first-order valence-corrected chi connectivity index (χ1v) is 10.8. The van der Waals surface area contributed by atoms with Crippen molar-refractivity contribution in [1.29, 1.82) is 0 Å². The number of nitrogens with one attached hydrogen (secondary N) is 2. The fraction of sp³-hybridized carbons (Fsp3) is 0.222. The fourth-order valence-electron chi connectivity index (χ4n) is 4.17. The number of aliphatic imine (C=N–C) groups is 1. The first-order chi connectivity index (χ1) is 15.0. The summed E-state index contributed by atoms with van der Waals surface area (Å²) in [6, 6.07) is 27.7. The molecule has 31 heavy (non-hydrogen) atoms. The predicted molar refractivity (Wildman–Crippen MR) is 130 cm³/mol. The van der Waals surface area contributed by atoms with Crippen LogP contribution in [0.4, 0.5) is 11.4 Å². The summed E-state index contributed by atoms with van der Waals surface area (Å²) in [7, 11) is 0. The molecule has 0 aromatic heterocycles. The van der Waals surface area contributed by atoms with Gasteiger partial charge < -0.3 is 15.5 Å². The number of hydrogen-bond acceptors (Lipinski definition) is 4. The van der Waals surface area contributed by atoms with Crippen molar-refractivity contribution in [2.75, 3.05) is 17.3 Å². The lowest BCUT2D eigenvalue weighted by Gasteiger charge is -2.42. The van der Waals surface area contributed by atoms with Crippen LogP contribution in [0.2, 0.25) is 0 Å². The van der Waals surface area contributed by atoms with Crippen molar-refractivity contribution in [3.63, 3.8) is 0 Å². The lowest BCUT2D eigenvalue weighted by molar-refractivity contribution is 0.326. The molecule has 0 bridgehead atoms. The molecule has 1 unspecified atom stereocenters. The second-order valence-electron chi connectivity index (χ2n) is 9.14. The third kappa shape index (κ3) is 3.81.